The summed E-state index contributed by atoms with van der Waals surface area (Å²) in [4.78, 5) is 4.25. The minimum absolute atomic E-state index is 0.694. The number of hydrogen-bond acceptors (Lipinski definition) is 3. The first kappa shape index (κ1) is 7.79. The van der Waals surface area contributed by atoms with Crippen LogP contribution in [0, 0.1) is 0 Å². The standard InChI is InChI=1S/C10H12N4/c1-11-10-9-6-8(7-2-3-7)13-14(9)5-4-12-10/h4-7H,2-3H2,1H3,(H,11,12). The summed E-state index contributed by atoms with van der Waals surface area (Å²) >= 11 is 0. The summed E-state index contributed by atoms with van der Waals surface area (Å²) in [6.07, 6.45) is 6.23. The first-order valence-corrected chi connectivity index (χ1v) is 4.90. The number of hydrogen-bond donors (Lipinski definition) is 1. The average Bonchev–Trinajstić information content (AvgIpc) is 2.97. The zero-order valence-corrected chi connectivity index (χ0v) is 8.07. The van der Waals surface area contributed by atoms with Crippen molar-refractivity contribution in [1.29, 1.82) is 0 Å². The van der Waals surface area contributed by atoms with E-state index in [1.165, 1.54) is 18.5 Å². The molecule has 0 spiro atoms. The molecule has 3 rings (SSSR count). The van der Waals surface area contributed by atoms with Gasteiger partial charge in [0.1, 0.15) is 5.52 Å². The summed E-state index contributed by atoms with van der Waals surface area (Å²) in [6, 6.07) is 2.14. The van der Waals surface area contributed by atoms with Crippen LogP contribution in [0.1, 0.15) is 24.5 Å². The largest absolute Gasteiger partial charge is 0.371 e. The van der Waals surface area contributed by atoms with Gasteiger partial charge in [0, 0.05) is 25.4 Å². The zero-order chi connectivity index (χ0) is 9.54. The molecule has 14 heavy (non-hydrogen) atoms. The molecule has 1 aliphatic carbocycles. The molecular weight excluding hydrogens is 176 g/mol. The van der Waals surface area contributed by atoms with Crippen molar-refractivity contribution in [3.63, 3.8) is 0 Å². The van der Waals surface area contributed by atoms with Crippen LogP contribution in [0.15, 0.2) is 18.5 Å². The highest BCUT2D eigenvalue weighted by molar-refractivity contribution is 5.67. The van der Waals surface area contributed by atoms with Crippen molar-refractivity contribution < 1.29 is 0 Å². The SMILES string of the molecule is CNc1nccn2nc(C3CC3)cc12. The van der Waals surface area contributed by atoms with Gasteiger partial charge in [0.15, 0.2) is 5.82 Å². The Labute approximate surface area is 82.0 Å². The lowest BCUT2D eigenvalue weighted by atomic mass is 10.3. The quantitative estimate of drug-likeness (QED) is 0.779. The normalized spacial score (nSPS) is 16.1. The van der Waals surface area contributed by atoms with Gasteiger partial charge in [-0.3, -0.25) is 0 Å². The molecule has 4 nitrogen and oxygen atoms in total. The van der Waals surface area contributed by atoms with Gasteiger partial charge in [-0.25, -0.2) is 9.50 Å². The van der Waals surface area contributed by atoms with Gasteiger partial charge in [-0.1, -0.05) is 0 Å². The minimum Gasteiger partial charge on any atom is -0.371 e. The monoisotopic (exact) mass is 188 g/mol. The minimum atomic E-state index is 0.694. The van der Waals surface area contributed by atoms with E-state index in [4.69, 9.17) is 0 Å². The number of nitrogens with zero attached hydrogens (tertiary/aromatic N) is 3. The second-order valence-electron chi connectivity index (χ2n) is 3.70. The lowest BCUT2D eigenvalue weighted by molar-refractivity contribution is 0.885. The Balaban J connectivity index is 2.20. The van der Waals surface area contributed by atoms with Crippen LogP contribution < -0.4 is 5.32 Å². The molecule has 0 atom stereocenters. The van der Waals surface area contributed by atoms with Gasteiger partial charge in [-0.2, -0.15) is 5.10 Å². The summed E-state index contributed by atoms with van der Waals surface area (Å²) in [5.41, 5.74) is 2.27. The smallest absolute Gasteiger partial charge is 0.151 e. The molecular formula is C10H12N4. The topological polar surface area (TPSA) is 42.2 Å². The Morgan fingerprint density at radius 1 is 1.50 bits per heavy atom. The predicted molar refractivity (Wildman–Crippen MR) is 54.5 cm³/mol. The Hall–Kier alpha value is -1.58. The molecule has 0 saturated heterocycles. The van der Waals surface area contributed by atoms with Crippen molar-refractivity contribution in [2.45, 2.75) is 18.8 Å². The highest BCUT2D eigenvalue weighted by Gasteiger charge is 2.26. The van der Waals surface area contributed by atoms with E-state index in [0.29, 0.717) is 5.92 Å². The lowest BCUT2D eigenvalue weighted by Crippen LogP contribution is -1.96. The summed E-state index contributed by atoms with van der Waals surface area (Å²) in [6.45, 7) is 0. The van der Waals surface area contributed by atoms with Crippen LogP contribution >= 0.6 is 0 Å². The molecule has 4 heteroatoms. The fourth-order valence-corrected chi connectivity index (χ4v) is 1.71. The zero-order valence-electron chi connectivity index (χ0n) is 8.07. The average molecular weight is 188 g/mol. The van der Waals surface area contributed by atoms with Crippen LogP contribution in [-0.4, -0.2) is 21.6 Å². The predicted octanol–water partition coefficient (Wildman–Crippen LogP) is 1.65. The van der Waals surface area contributed by atoms with Gasteiger partial charge < -0.3 is 5.32 Å². The summed E-state index contributed by atoms with van der Waals surface area (Å²) in [5, 5.41) is 7.59. The van der Waals surface area contributed by atoms with E-state index in [1.54, 1.807) is 6.20 Å². The van der Waals surface area contributed by atoms with Crippen LogP contribution in [0.5, 0.6) is 0 Å². The number of rotatable bonds is 2. The fourth-order valence-electron chi connectivity index (χ4n) is 1.71. The van der Waals surface area contributed by atoms with Crippen LogP contribution in [0.4, 0.5) is 5.82 Å². The van der Waals surface area contributed by atoms with E-state index >= 15 is 0 Å². The Kier molecular flexibility index (Phi) is 1.50. The highest BCUT2D eigenvalue weighted by atomic mass is 15.2. The van der Waals surface area contributed by atoms with Gasteiger partial charge >= 0.3 is 0 Å². The van der Waals surface area contributed by atoms with Gasteiger partial charge in [-0.05, 0) is 18.9 Å². The molecule has 72 valence electrons. The molecule has 0 amide bonds. The van der Waals surface area contributed by atoms with E-state index in [2.05, 4.69) is 21.5 Å². The molecule has 0 unspecified atom stereocenters. The van der Waals surface area contributed by atoms with E-state index < -0.39 is 0 Å². The molecule has 2 aromatic rings. The Bertz CT molecular complexity index is 470. The molecule has 0 aliphatic heterocycles. The van der Waals surface area contributed by atoms with Crippen molar-refractivity contribution in [2.75, 3.05) is 12.4 Å². The second-order valence-corrected chi connectivity index (χ2v) is 3.70. The molecule has 1 aliphatic rings. The maximum absolute atomic E-state index is 4.52. The third-order valence-electron chi connectivity index (χ3n) is 2.64. The van der Waals surface area contributed by atoms with Crippen LogP contribution in [-0.2, 0) is 0 Å². The molecule has 2 aromatic heterocycles. The summed E-state index contributed by atoms with van der Waals surface area (Å²) in [5.74, 6) is 1.59. The third kappa shape index (κ3) is 1.07. The Morgan fingerprint density at radius 2 is 2.36 bits per heavy atom. The van der Waals surface area contributed by atoms with Gasteiger partial charge in [0.25, 0.3) is 0 Å². The van der Waals surface area contributed by atoms with Gasteiger partial charge in [0.2, 0.25) is 0 Å². The number of fused-ring (bicyclic) bond motifs is 1. The molecule has 0 radical (unpaired) electrons. The number of aromatic nitrogens is 3. The van der Waals surface area contributed by atoms with Crippen molar-refractivity contribution in [2.24, 2.45) is 0 Å². The maximum Gasteiger partial charge on any atom is 0.151 e. The molecule has 1 fully saturated rings. The first-order valence-electron chi connectivity index (χ1n) is 4.90. The van der Waals surface area contributed by atoms with E-state index in [9.17, 15) is 0 Å². The maximum atomic E-state index is 4.52. The molecule has 1 N–H and O–H groups in total. The lowest BCUT2D eigenvalue weighted by Gasteiger charge is -1.99. The second kappa shape index (κ2) is 2.70. The molecule has 0 aromatic carbocycles. The first-order chi connectivity index (χ1) is 6.88. The van der Waals surface area contributed by atoms with Gasteiger partial charge in [-0.15, -0.1) is 0 Å². The van der Waals surface area contributed by atoms with E-state index in [0.717, 1.165) is 11.3 Å². The Morgan fingerprint density at radius 3 is 3.07 bits per heavy atom. The van der Waals surface area contributed by atoms with E-state index in [-0.39, 0.29) is 0 Å². The summed E-state index contributed by atoms with van der Waals surface area (Å²) < 4.78 is 1.90. The molecule has 1 saturated carbocycles. The summed E-state index contributed by atoms with van der Waals surface area (Å²) in [7, 11) is 1.88. The number of anilines is 1. The van der Waals surface area contributed by atoms with E-state index in [1.807, 2.05) is 17.8 Å². The highest BCUT2D eigenvalue weighted by Crippen LogP contribution is 2.39. The third-order valence-corrected chi connectivity index (χ3v) is 2.64. The van der Waals surface area contributed by atoms with Crippen LogP contribution in [0.2, 0.25) is 0 Å². The van der Waals surface area contributed by atoms with Crippen LogP contribution in [0.25, 0.3) is 5.52 Å². The van der Waals surface area contributed by atoms with Crippen molar-refractivity contribution in [3.05, 3.63) is 24.2 Å². The van der Waals surface area contributed by atoms with Crippen molar-refractivity contribution in [3.8, 4) is 0 Å². The van der Waals surface area contributed by atoms with Crippen molar-refractivity contribution in [1.82, 2.24) is 14.6 Å². The van der Waals surface area contributed by atoms with Gasteiger partial charge in [0.05, 0.1) is 5.69 Å². The number of nitrogens with one attached hydrogen (secondary N) is 1. The van der Waals surface area contributed by atoms with Crippen molar-refractivity contribution >= 4 is 11.3 Å². The molecule has 0 bridgehead atoms. The fraction of sp³-hybridized carbons (Fsp3) is 0.400. The van der Waals surface area contributed by atoms with Crippen LogP contribution in [0.3, 0.4) is 0 Å². The molecule has 2 heterocycles.